The second-order valence-electron chi connectivity index (χ2n) is 3.43. The molecule has 1 aliphatic heterocycles. The van der Waals surface area contributed by atoms with Gasteiger partial charge in [0.05, 0.1) is 0 Å². The fourth-order valence-electron chi connectivity index (χ4n) is 1.71. The van der Waals surface area contributed by atoms with Gasteiger partial charge in [-0.25, -0.2) is 0 Å². The normalized spacial score (nSPS) is 14.0. The van der Waals surface area contributed by atoms with Gasteiger partial charge in [-0.15, -0.1) is 0 Å². The molecule has 0 aliphatic carbocycles. The second-order valence-corrected chi connectivity index (χ2v) is 3.43. The van der Waals surface area contributed by atoms with Crippen LogP contribution in [0.25, 0.3) is 5.57 Å². The van der Waals surface area contributed by atoms with Crippen LogP contribution in [0, 0.1) is 0 Å². The van der Waals surface area contributed by atoms with E-state index in [9.17, 15) is 4.79 Å². The molecule has 1 aromatic carbocycles. The predicted molar refractivity (Wildman–Crippen MR) is 55.6 cm³/mol. The summed E-state index contributed by atoms with van der Waals surface area (Å²) in [6.07, 6.45) is 1.99. The largest absolute Gasteiger partial charge is 0.489 e. The van der Waals surface area contributed by atoms with Crippen LogP contribution >= 0.6 is 0 Å². The first-order valence-corrected chi connectivity index (χ1v) is 4.64. The van der Waals surface area contributed by atoms with Crippen LogP contribution in [-0.2, 0) is 0 Å². The molecule has 1 aliphatic rings. The monoisotopic (exact) mass is 188 g/mol. The average molecular weight is 188 g/mol. The summed E-state index contributed by atoms with van der Waals surface area (Å²) in [7, 11) is 0. The third kappa shape index (κ3) is 1.33. The molecule has 0 unspecified atom stereocenters. The van der Waals surface area contributed by atoms with Crippen LogP contribution in [0.3, 0.4) is 0 Å². The van der Waals surface area contributed by atoms with Crippen LogP contribution in [-0.4, -0.2) is 12.4 Å². The third-order valence-electron chi connectivity index (χ3n) is 2.43. The van der Waals surface area contributed by atoms with Crippen LogP contribution in [0.4, 0.5) is 0 Å². The van der Waals surface area contributed by atoms with Crippen molar-refractivity contribution < 1.29 is 9.53 Å². The quantitative estimate of drug-likeness (QED) is 0.633. The summed E-state index contributed by atoms with van der Waals surface area (Å²) >= 11 is 0. The van der Waals surface area contributed by atoms with Gasteiger partial charge in [0.25, 0.3) is 0 Å². The Bertz CT molecular complexity index is 416. The van der Waals surface area contributed by atoms with E-state index in [1.807, 2.05) is 31.2 Å². The highest BCUT2D eigenvalue weighted by Gasteiger charge is 2.16. The van der Waals surface area contributed by atoms with Gasteiger partial charge in [-0.3, -0.25) is 4.79 Å². The number of Topliss-reactive ketones (excluding diaryl/α,β-unsaturated/α-hetero) is 1. The first-order chi connectivity index (χ1) is 6.70. The molecule has 0 amide bonds. The molecule has 0 atom stereocenters. The van der Waals surface area contributed by atoms with Crippen LogP contribution < -0.4 is 4.74 Å². The highest BCUT2D eigenvalue weighted by Crippen LogP contribution is 2.32. The van der Waals surface area contributed by atoms with Gasteiger partial charge in [0, 0.05) is 11.1 Å². The summed E-state index contributed by atoms with van der Waals surface area (Å²) in [5.41, 5.74) is 2.82. The second kappa shape index (κ2) is 3.29. The molecule has 0 bridgehead atoms. The molecule has 1 heterocycles. The molecular weight excluding hydrogens is 176 g/mol. The van der Waals surface area contributed by atoms with Gasteiger partial charge in [-0.2, -0.15) is 0 Å². The maximum absolute atomic E-state index is 11.4. The first kappa shape index (κ1) is 9.00. The molecule has 14 heavy (non-hydrogen) atoms. The van der Waals surface area contributed by atoms with Crippen LogP contribution in [0.1, 0.15) is 29.8 Å². The van der Waals surface area contributed by atoms with E-state index in [4.69, 9.17) is 4.74 Å². The maximum Gasteiger partial charge on any atom is 0.160 e. The summed E-state index contributed by atoms with van der Waals surface area (Å²) < 4.78 is 5.46. The van der Waals surface area contributed by atoms with Gasteiger partial charge in [-0.05, 0) is 31.6 Å². The minimum Gasteiger partial charge on any atom is -0.489 e. The molecule has 0 saturated carbocycles. The van der Waals surface area contributed by atoms with E-state index in [-0.39, 0.29) is 5.78 Å². The van der Waals surface area contributed by atoms with Gasteiger partial charge in [0.1, 0.15) is 12.4 Å². The summed E-state index contributed by atoms with van der Waals surface area (Å²) in [5, 5.41) is 0. The van der Waals surface area contributed by atoms with E-state index in [0.717, 1.165) is 22.4 Å². The van der Waals surface area contributed by atoms with Gasteiger partial charge < -0.3 is 4.74 Å². The number of carbonyl (C=O) groups is 1. The Balaban J connectivity index is 2.66. The van der Waals surface area contributed by atoms with Gasteiger partial charge in [0.2, 0.25) is 0 Å². The molecule has 2 rings (SSSR count). The molecule has 0 radical (unpaired) electrons. The molecule has 0 saturated heterocycles. The zero-order chi connectivity index (χ0) is 10.1. The Morgan fingerprint density at radius 2 is 2.21 bits per heavy atom. The average Bonchev–Trinajstić information content (AvgIpc) is 2.17. The number of carbonyl (C=O) groups excluding carboxylic acids is 1. The smallest absolute Gasteiger partial charge is 0.160 e. The lowest BCUT2D eigenvalue weighted by molar-refractivity contribution is 0.101. The van der Waals surface area contributed by atoms with Crippen molar-refractivity contribution in [2.45, 2.75) is 13.8 Å². The molecular formula is C12H12O2. The van der Waals surface area contributed by atoms with Crippen LogP contribution in [0.5, 0.6) is 5.75 Å². The number of fused-ring (bicyclic) bond motifs is 1. The standard InChI is InChI=1S/C12H12O2/c1-8-6-7-14-11-5-3-4-10(9(2)13)12(8)11/h3-6H,7H2,1-2H3. The zero-order valence-electron chi connectivity index (χ0n) is 8.33. The minimum atomic E-state index is 0.0834. The highest BCUT2D eigenvalue weighted by atomic mass is 16.5. The third-order valence-corrected chi connectivity index (χ3v) is 2.43. The number of benzene rings is 1. The SMILES string of the molecule is CC(=O)c1cccc2c1C(C)=CCO2. The topological polar surface area (TPSA) is 26.3 Å². The number of hydrogen-bond acceptors (Lipinski definition) is 2. The molecule has 0 aromatic heterocycles. The van der Waals surface area contributed by atoms with Crippen LogP contribution in [0.2, 0.25) is 0 Å². The first-order valence-electron chi connectivity index (χ1n) is 4.64. The van der Waals surface area contributed by atoms with E-state index < -0.39 is 0 Å². The molecule has 0 N–H and O–H groups in total. The number of allylic oxidation sites excluding steroid dienone is 1. The van der Waals surface area contributed by atoms with Crippen molar-refractivity contribution in [3.63, 3.8) is 0 Å². The Morgan fingerprint density at radius 3 is 2.93 bits per heavy atom. The number of hydrogen-bond donors (Lipinski definition) is 0. The lowest BCUT2D eigenvalue weighted by Crippen LogP contribution is -2.07. The zero-order valence-corrected chi connectivity index (χ0v) is 8.33. The molecule has 0 fully saturated rings. The highest BCUT2D eigenvalue weighted by molar-refractivity contribution is 6.00. The van der Waals surface area contributed by atoms with Crippen molar-refractivity contribution in [3.8, 4) is 5.75 Å². The van der Waals surface area contributed by atoms with Gasteiger partial charge in [-0.1, -0.05) is 12.1 Å². The number of ketones is 1. The van der Waals surface area contributed by atoms with Crippen molar-refractivity contribution in [1.82, 2.24) is 0 Å². The van der Waals surface area contributed by atoms with E-state index in [1.165, 1.54) is 0 Å². The van der Waals surface area contributed by atoms with Crippen molar-refractivity contribution in [3.05, 3.63) is 35.4 Å². The number of rotatable bonds is 1. The minimum absolute atomic E-state index is 0.0834. The van der Waals surface area contributed by atoms with Crippen molar-refractivity contribution in [2.24, 2.45) is 0 Å². The van der Waals surface area contributed by atoms with E-state index in [1.54, 1.807) is 6.92 Å². The predicted octanol–water partition coefficient (Wildman–Crippen LogP) is 2.68. The van der Waals surface area contributed by atoms with Gasteiger partial charge in [0.15, 0.2) is 5.78 Å². The fourth-order valence-corrected chi connectivity index (χ4v) is 1.71. The van der Waals surface area contributed by atoms with E-state index in [0.29, 0.717) is 6.61 Å². The molecule has 2 nitrogen and oxygen atoms in total. The van der Waals surface area contributed by atoms with Crippen molar-refractivity contribution in [1.29, 1.82) is 0 Å². The summed E-state index contributed by atoms with van der Waals surface area (Å²) in [6.45, 7) is 4.19. The Hall–Kier alpha value is -1.57. The Labute approximate surface area is 83.2 Å². The fraction of sp³-hybridized carbons (Fsp3) is 0.250. The lowest BCUT2D eigenvalue weighted by atomic mass is 9.96. The lowest BCUT2D eigenvalue weighted by Gasteiger charge is -2.18. The number of ether oxygens (including phenoxy) is 1. The summed E-state index contributed by atoms with van der Waals surface area (Å²) in [4.78, 5) is 11.4. The summed E-state index contributed by atoms with van der Waals surface area (Å²) in [5.74, 6) is 0.901. The maximum atomic E-state index is 11.4. The van der Waals surface area contributed by atoms with Gasteiger partial charge >= 0.3 is 0 Å². The van der Waals surface area contributed by atoms with Crippen molar-refractivity contribution >= 4 is 11.4 Å². The Morgan fingerprint density at radius 1 is 1.43 bits per heavy atom. The summed E-state index contributed by atoms with van der Waals surface area (Å²) in [6, 6.07) is 5.60. The Kier molecular flexibility index (Phi) is 2.12. The van der Waals surface area contributed by atoms with E-state index >= 15 is 0 Å². The van der Waals surface area contributed by atoms with Crippen LogP contribution in [0.15, 0.2) is 24.3 Å². The van der Waals surface area contributed by atoms with Crippen molar-refractivity contribution in [2.75, 3.05) is 6.61 Å². The molecule has 2 heteroatoms. The van der Waals surface area contributed by atoms with E-state index in [2.05, 4.69) is 0 Å². The molecule has 0 spiro atoms. The molecule has 1 aromatic rings. The molecule has 72 valence electrons.